The van der Waals surface area contributed by atoms with E-state index >= 15 is 0 Å². The van der Waals surface area contributed by atoms with Crippen molar-refractivity contribution in [3.05, 3.63) is 46.5 Å². The minimum absolute atomic E-state index is 0.00733. The molecule has 154 valence electrons. The molecule has 4 rings (SSSR count). The summed E-state index contributed by atoms with van der Waals surface area (Å²) in [5.41, 5.74) is 0.557. The van der Waals surface area contributed by atoms with Crippen molar-refractivity contribution in [3.63, 3.8) is 0 Å². The van der Waals surface area contributed by atoms with Crippen molar-refractivity contribution in [2.45, 2.75) is 31.7 Å². The lowest BCUT2D eigenvalue weighted by Gasteiger charge is -2.08. The van der Waals surface area contributed by atoms with Gasteiger partial charge in [0.25, 0.3) is 6.01 Å². The van der Waals surface area contributed by atoms with Crippen LogP contribution in [0.15, 0.2) is 24.3 Å². The quantitative estimate of drug-likeness (QED) is 0.606. The first kappa shape index (κ1) is 19.8. The summed E-state index contributed by atoms with van der Waals surface area (Å²) >= 11 is 6.16. The van der Waals surface area contributed by atoms with Gasteiger partial charge in [0.05, 0.1) is 30.5 Å². The molecule has 1 aliphatic rings. The molecular formula is C19H17ClF3N3O3. The second-order valence-electron chi connectivity index (χ2n) is 6.59. The Morgan fingerprint density at radius 2 is 2.03 bits per heavy atom. The van der Waals surface area contributed by atoms with Crippen molar-refractivity contribution in [1.29, 1.82) is 0 Å². The molecule has 2 atom stereocenters. The summed E-state index contributed by atoms with van der Waals surface area (Å²) < 4.78 is 56.5. The topological polar surface area (TPSA) is 69.3 Å². The number of alkyl halides is 1. The van der Waals surface area contributed by atoms with E-state index in [4.69, 9.17) is 25.8 Å². The van der Waals surface area contributed by atoms with E-state index in [0.717, 1.165) is 12.1 Å². The number of aromatic amines is 1. The number of H-pyrrole nitrogens is 1. The fourth-order valence-electron chi connectivity index (χ4n) is 3.08. The van der Waals surface area contributed by atoms with Crippen LogP contribution < -0.4 is 9.47 Å². The van der Waals surface area contributed by atoms with Crippen LogP contribution in [-0.4, -0.2) is 40.4 Å². The average molecular weight is 428 g/mol. The number of fused-ring (bicyclic) bond motifs is 1. The monoisotopic (exact) mass is 427 g/mol. The van der Waals surface area contributed by atoms with Gasteiger partial charge in [0.15, 0.2) is 5.65 Å². The summed E-state index contributed by atoms with van der Waals surface area (Å²) in [4.78, 5) is 11.4. The van der Waals surface area contributed by atoms with Crippen molar-refractivity contribution < 1.29 is 27.4 Å². The zero-order chi connectivity index (χ0) is 20.4. The van der Waals surface area contributed by atoms with Crippen LogP contribution in [0.3, 0.4) is 0 Å². The van der Waals surface area contributed by atoms with Gasteiger partial charge in [0.1, 0.15) is 29.4 Å². The fraction of sp³-hybridized carbons (Fsp3) is 0.368. The number of benzene rings is 1. The van der Waals surface area contributed by atoms with Crippen LogP contribution in [0.1, 0.15) is 18.4 Å². The molecule has 0 saturated carbocycles. The molecule has 29 heavy (non-hydrogen) atoms. The van der Waals surface area contributed by atoms with Gasteiger partial charge in [-0.25, -0.2) is 8.78 Å². The summed E-state index contributed by atoms with van der Waals surface area (Å²) in [6.07, 6.45) is 0.487. The number of nitrogens with one attached hydrogen (secondary N) is 1. The van der Waals surface area contributed by atoms with Gasteiger partial charge in [-0.2, -0.15) is 9.97 Å². The van der Waals surface area contributed by atoms with E-state index in [-0.39, 0.29) is 46.9 Å². The van der Waals surface area contributed by atoms with Gasteiger partial charge in [0.2, 0.25) is 5.88 Å². The molecule has 0 spiro atoms. The lowest BCUT2D eigenvalue weighted by molar-refractivity contribution is 0.0834. The minimum Gasteiger partial charge on any atom is -0.471 e. The van der Waals surface area contributed by atoms with Crippen molar-refractivity contribution in [2.75, 3.05) is 13.3 Å². The molecule has 10 heteroatoms. The number of halogens is 4. The second-order valence-corrected chi connectivity index (χ2v) is 6.99. The lowest BCUT2D eigenvalue weighted by atomic mass is 10.2. The van der Waals surface area contributed by atoms with Gasteiger partial charge in [-0.1, -0.05) is 17.7 Å². The van der Waals surface area contributed by atoms with Crippen LogP contribution in [0.2, 0.25) is 5.02 Å². The Bertz CT molecular complexity index is 997. The highest BCUT2D eigenvalue weighted by molar-refractivity contribution is 6.32. The van der Waals surface area contributed by atoms with Crippen molar-refractivity contribution in [3.8, 4) is 11.9 Å². The Labute approximate surface area is 169 Å². The average Bonchev–Trinajstić information content (AvgIpc) is 3.28. The number of rotatable bonds is 7. The zero-order valence-electron chi connectivity index (χ0n) is 15.1. The summed E-state index contributed by atoms with van der Waals surface area (Å²) in [7, 11) is 0. The standard InChI is InChI=1S/C19H17ClF3N3O3/c20-13-7-16-17(25-18(13)28-9-12-14(22)2-1-3-15(12)23)26-19(24-16)29-11-6-10(4-5-21)27-8-11/h1-3,7,10-11H,4-6,8-9H2,(H,24,25,26)/t10-,11+/m1/s1. The number of hydrogen-bond acceptors (Lipinski definition) is 5. The Morgan fingerprint density at radius 1 is 1.24 bits per heavy atom. The molecular weight excluding hydrogens is 411 g/mol. The van der Waals surface area contributed by atoms with Gasteiger partial charge in [-0.05, 0) is 18.2 Å². The molecule has 0 bridgehead atoms. The van der Waals surface area contributed by atoms with E-state index in [1.165, 1.54) is 12.1 Å². The highest BCUT2D eigenvalue weighted by atomic mass is 35.5. The highest BCUT2D eigenvalue weighted by Crippen LogP contribution is 2.29. The second kappa shape index (κ2) is 8.46. The number of pyridine rings is 1. The molecule has 0 radical (unpaired) electrons. The predicted molar refractivity (Wildman–Crippen MR) is 99.0 cm³/mol. The molecule has 1 aliphatic heterocycles. The van der Waals surface area contributed by atoms with Crippen LogP contribution in [0.25, 0.3) is 11.2 Å². The molecule has 1 aromatic carbocycles. The third-order valence-electron chi connectivity index (χ3n) is 4.54. The van der Waals surface area contributed by atoms with Crippen molar-refractivity contribution in [1.82, 2.24) is 15.0 Å². The molecule has 1 saturated heterocycles. The first-order valence-electron chi connectivity index (χ1n) is 8.99. The van der Waals surface area contributed by atoms with Gasteiger partial charge in [0, 0.05) is 12.8 Å². The van der Waals surface area contributed by atoms with E-state index in [9.17, 15) is 13.2 Å². The molecule has 0 amide bonds. The Hall–Kier alpha value is -2.52. The molecule has 3 aromatic rings. The number of aromatic nitrogens is 3. The number of nitrogens with zero attached hydrogens (tertiary/aromatic N) is 2. The van der Waals surface area contributed by atoms with E-state index in [1.54, 1.807) is 0 Å². The summed E-state index contributed by atoms with van der Waals surface area (Å²) in [6.45, 7) is -0.470. The van der Waals surface area contributed by atoms with Crippen LogP contribution in [0.5, 0.6) is 11.9 Å². The predicted octanol–water partition coefficient (Wildman–Crippen LogP) is 4.36. The number of hydrogen-bond donors (Lipinski definition) is 1. The molecule has 0 unspecified atom stereocenters. The van der Waals surface area contributed by atoms with E-state index in [2.05, 4.69) is 15.0 Å². The summed E-state index contributed by atoms with van der Waals surface area (Å²) in [5, 5.41) is 0.150. The molecule has 1 fully saturated rings. The van der Waals surface area contributed by atoms with Gasteiger partial charge in [-0.3, -0.25) is 4.39 Å². The molecule has 1 N–H and O–H groups in total. The maximum atomic E-state index is 13.7. The SMILES string of the molecule is FCC[C@@H]1C[C@H](Oc2nc3nc(OCc4c(F)cccc4F)c(Cl)cc3[nH]2)CO1. The summed E-state index contributed by atoms with van der Waals surface area (Å²) in [5.74, 6) is -1.45. The number of imidazole rings is 1. The van der Waals surface area contributed by atoms with Gasteiger partial charge in [-0.15, -0.1) is 0 Å². The third-order valence-corrected chi connectivity index (χ3v) is 4.81. The molecule has 2 aromatic heterocycles. The Kier molecular flexibility index (Phi) is 5.77. The smallest absolute Gasteiger partial charge is 0.296 e. The van der Waals surface area contributed by atoms with Crippen molar-refractivity contribution >= 4 is 22.8 Å². The van der Waals surface area contributed by atoms with Crippen LogP contribution in [-0.2, 0) is 11.3 Å². The zero-order valence-corrected chi connectivity index (χ0v) is 15.9. The summed E-state index contributed by atoms with van der Waals surface area (Å²) in [6, 6.07) is 5.31. The van der Waals surface area contributed by atoms with E-state index in [0.29, 0.717) is 25.0 Å². The first-order chi connectivity index (χ1) is 14.0. The van der Waals surface area contributed by atoms with Crippen molar-refractivity contribution in [2.24, 2.45) is 0 Å². The Balaban J connectivity index is 1.47. The molecule has 0 aliphatic carbocycles. The Morgan fingerprint density at radius 3 is 2.79 bits per heavy atom. The maximum absolute atomic E-state index is 13.7. The minimum atomic E-state index is -0.720. The van der Waals surface area contributed by atoms with E-state index in [1.807, 2.05) is 0 Å². The van der Waals surface area contributed by atoms with Crippen LogP contribution in [0, 0.1) is 11.6 Å². The fourth-order valence-corrected chi connectivity index (χ4v) is 3.29. The van der Waals surface area contributed by atoms with Crippen LogP contribution in [0.4, 0.5) is 13.2 Å². The largest absolute Gasteiger partial charge is 0.471 e. The van der Waals surface area contributed by atoms with Crippen LogP contribution >= 0.6 is 11.6 Å². The third kappa shape index (κ3) is 4.40. The van der Waals surface area contributed by atoms with Gasteiger partial charge < -0.3 is 19.2 Å². The normalized spacial score (nSPS) is 19.0. The lowest BCUT2D eigenvalue weighted by Crippen LogP contribution is -2.17. The van der Waals surface area contributed by atoms with E-state index < -0.39 is 18.3 Å². The van der Waals surface area contributed by atoms with Gasteiger partial charge >= 0.3 is 0 Å². The highest BCUT2D eigenvalue weighted by Gasteiger charge is 2.27. The number of ether oxygens (including phenoxy) is 3. The molecule has 6 nitrogen and oxygen atoms in total. The molecule has 3 heterocycles. The first-order valence-corrected chi connectivity index (χ1v) is 9.37. The maximum Gasteiger partial charge on any atom is 0.296 e.